The van der Waals surface area contributed by atoms with Crippen LogP contribution in [0.3, 0.4) is 0 Å². The molecule has 0 aliphatic carbocycles. The highest BCUT2D eigenvalue weighted by Crippen LogP contribution is 2.12. The van der Waals surface area contributed by atoms with Gasteiger partial charge in [0.05, 0.1) is 0 Å². The molecule has 104 valence electrons. The molecule has 0 aromatic heterocycles. The van der Waals surface area contributed by atoms with Gasteiger partial charge in [-0.2, -0.15) is 0 Å². The van der Waals surface area contributed by atoms with Crippen LogP contribution in [-0.2, 0) is 11.3 Å². The first-order valence-electron chi connectivity index (χ1n) is 5.90. The number of carbonyl (C=O) groups is 2. The third-order valence-electron chi connectivity index (χ3n) is 2.64. The number of hydrogen-bond donors (Lipinski definition) is 1. The van der Waals surface area contributed by atoms with Crippen LogP contribution in [0.1, 0.15) is 12.5 Å². The van der Waals surface area contributed by atoms with Crippen LogP contribution in [0.5, 0.6) is 0 Å². The Kier molecular flexibility index (Phi) is 5.82. The topological polar surface area (TPSA) is 60.9 Å². The fourth-order valence-corrected chi connectivity index (χ4v) is 1.92. The van der Waals surface area contributed by atoms with Crippen molar-refractivity contribution in [3.8, 4) is 0 Å². The summed E-state index contributed by atoms with van der Waals surface area (Å²) in [4.78, 5) is 25.5. The highest BCUT2D eigenvalue weighted by molar-refractivity contribution is 9.10. The summed E-state index contributed by atoms with van der Waals surface area (Å²) in [5, 5.41) is 8.75. The lowest BCUT2D eigenvalue weighted by Crippen LogP contribution is -2.43. The van der Waals surface area contributed by atoms with Crippen LogP contribution < -0.4 is 0 Å². The Morgan fingerprint density at radius 2 is 1.84 bits per heavy atom. The molecule has 6 heteroatoms. The Balaban J connectivity index is 2.65. The predicted octanol–water partition coefficient (Wildman–Crippen LogP) is 2.41. The fourth-order valence-electron chi connectivity index (χ4n) is 1.65. The summed E-state index contributed by atoms with van der Waals surface area (Å²) in [6.07, 6.45) is 0. The number of amides is 2. The molecule has 19 heavy (non-hydrogen) atoms. The van der Waals surface area contributed by atoms with E-state index in [2.05, 4.69) is 15.9 Å². The molecule has 0 aliphatic rings. The zero-order valence-electron chi connectivity index (χ0n) is 11.0. The molecule has 1 rings (SSSR count). The Bertz CT molecular complexity index is 448. The maximum atomic E-state index is 12.1. The van der Waals surface area contributed by atoms with Crippen LogP contribution in [-0.4, -0.2) is 47.0 Å². The van der Waals surface area contributed by atoms with Gasteiger partial charge >= 0.3 is 12.0 Å². The molecule has 0 radical (unpaired) electrons. The minimum Gasteiger partial charge on any atom is -0.480 e. The number of halogens is 1. The van der Waals surface area contributed by atoms with Gasteiger partial charge in [0.1, 0.15) is 6.54 Å². The van der Waals surface area contributed by atoms with Crippen molar-refractivity contribution in [2.24, 2.45) is 0 Å². The van der Waals surface area contributed by atoms with E-state index >= 15 is 0 Å². The highest BCUT2D eigenvalue weighted by atomic mass is 79.9. The number of carboxylic acid groups (broad SMARTS) is 1. The smallest absolute Gasteiger partial charge is 0.323 e. The van der Waals surface area contributed by atoms with Gasteiger partial charge in [-0.3, -0.25) is 4.79 Å². The van der Waals surface area contributed by atoms with Crippen molar-refractivity contribution in [3.05, 3.63) is 34.3 Å². The van der Waals surface area contributed by atoms with Crippen LogP contribution in [0.2, 0.25) is 0 Å². The molecule has 0 heterocycles. The van der Waals surface area contributed by atoms with Crippen LogP contribution in [0.25, 0.3) is 0 Å². The number of hydrogen-bond acceptors (Lipinski definition) is 2. The van der Waals surface area contributed by atoms with Gasteiger partial charge in [0.25, 0.3) is 0 Å². The van der Waals surface area contributed by atoms with E-state index in [0.717, 1.165) is 10.0 Å². The number of nitrogens with zero attached hydrogens (tertiary/aromatic N) is 2. The van der Waals surface area contributed by atoms with Crippen molar-refractivity contribution in [1.29, 1.82) is 0 Å². The summed E-state index contributed by atoms with van der Waals surface area (Å²) in [5.74, 6) is -1.01. The lowest BCUT2D eigenvalue weighted by atomic mass is 10.2. The Labute approximate surface area is 120 Å². The normalized spacial score (nSPS) is 10.1. The van der Waals surface area contributed by atoms with E-state index in [1.165, 1.54) is 9.80 Å². The number of carbonyl (C=O) groups excluding carboxylic acids is 1. The largest absolute Gasteiger partial charge is 0.480 e. The minimum absolute atomic E-state index is 0.278. The Morgan fingerprint density at radius 3 is 2.32 bits per heavy atom. The second kappa shape index (κ2) is 7.13. The SMILES string of the molecule is CCN(CC(=O)O)C(=O)N(C)Cc1ccc(Br)cc1. The number of aliphatic carboxylic acids is 1. The van der Waals surface area contributed by atoms with Gasteiger partial charge in [-0.25, -0.2) is 4.79 Å². The third kappa shape index (κ3) is 4.90. The summed E-state index contributed by atoms with van der Waals surface area (Å²) < 4.78 is 0.978. The molecule has 2 amide bonds. The van der Waals surface area contributed by atoms with Crippen LogP contribution in [0, 0.1) is 0 Å². The van der Waals surface area contributed by atoms with Crippen molar-refractivity contribution < 1.29 is 14.7 Å². The quantitative estimate of drug-likeness (QED) is 0.902. The Morgan fingerprint density at radius 1 is 1.26 bits per heavy atom. The molecule has 0 unspecified atom stereocenters. The van der Waals surface area contributed by atoms with Crippen molar-refractivity contribution >= 4 is 27.9 Å². The number of carboxylic acids is 1. The number of urea groups is 1. The monoisotopic (exact) mass is 328 g/mol. The van der Waals surface area contributed by atoms with E-state index in [1.54, 1.807) is 14.0 Å². The summed E-state index contributed by atoms with van der Waals surface area (Å²) in [7, 11) is 1.66. The lowest BCUT2D eigenvalue weighted by molar-refractivity contribution is -0.137. The summed E-state index contributed by atoms with van der Waals surface area (Å²) in [6.45, 7) is 2.30. The molecular weight excluding hydrogens is 312 g/mol. The minimum atomic E-state index is -1.01. The number of likely N-dealkylation sites (N-methyl/N-ethyl adjacent to an activating group) is 1. The van der Waals surface area contributed by atoms with Gasteiger partial charge in [-0.05, 0) is 24.6 Å². The van der Waals surface area contributed by atoms with Gasteiger partial charge in [-0.15, -0.1) is 0 Å². The van der Waals surface area contributed by atoms with E-state index in [4.69, 9.17) is 5.11 Å². The molecule has 1 aromatic rings. The molecule has 0 atom stereocenters. The van der Waals surface area contributed by atoms with Crippen LogP contribution >= 0.6 is 15.9 Å². The summed E-state index contributed by atoms with van der Waals surface area (Å²) in [5.41, 5.74) is 0.991. The molecule has 0 saturated carbocycles. The molecule has 0 spiro atoms. The van der Waals surface area contributed by atoms with Gasteiger partial charge in [0.15, 0.2) is 0 Å². The maximum absolute atomic E-state index is 12.1. The van der Waals surface area contributed by atoms with Crippen molar-refractivity contribution in [1.82, 2.24) is 9.80 Å². The zero-order valence-corrected chi connectivity index (χ0v) is 12.6. The van der Waals surface area contributed by atoms with E-state index in [9.17, 15) is 9.59 Å². The van der Waals surface area contributed by atoms with Gasteiger partial charge in [0.2, 0.25) is 0 Å². The predicted molar refractivity (Wildman–Crippen MR) is 75.9 cm³/mol. The summed E-state index contributed by atoms with van der Waals surface area (Å²) in [6, 6.07) is 7.36. The van der Waals surface area contributed by atoms with Crippen LogP contribution in [0.4, 0.5) is 4.79 Å². The third-order valence-corrected chi connectivity index (χ3v) is 3.17. The highest BCUT2D eigenvalue weighted by Gasteiger charge is 2.18. The molecule has 5 nitrogen and oxygen atoms in total. The summed E-state index contributed by atoms with van der Waals surface area (Å²) >= 11 is 3.35. The first-order chi connectivity index (χ1) is 8.93. The van der Waals surface area contributed by atoms with Gasteiger partial charge in [0, 0.05) is 24.6 Å². The standard InChI is InChI=1S/C13H17BrN2O3/c1-3-16(9-12(17)18)13(19)15(2)8-10-4-6-11(14)7-5-10/h4-7H,3,8-9H2,1-2H3,(H,17,18). The second-order valence-corrected chi connectivity index (χ2v) is 5.09. The number of benzene rings is 1. The molecule has 0 saturated heterocycles. The van der Waals surface area contributed by atoms with Crippen molar-refractivity contribution in [2.75, 3.05) is 20.1 Å². The molecule has 0 fully saturated rings. The maximum Gasteiger partial charge on any atom is 0.323 e. The first kappa shape index (κ1) is 15.5. The second-order valence-electron chi connectivity index (χ2n) is 4.17. The molecule has 0 aliphatic heterocycles. The van der Waals surface area contributed by atoms with E-state index in [1.807, 2.05) is 24.3 Å². The fraction of sp³-hybridized carbons (Fsp3) is 0.385. The average Bonchev–Trinajstić information content (AvgIpc) is 2.37. The van der Waals surface area contributed by atoms with Crippen molar-refractivity contribution in [3.63, 3.8) is 0 Å². The average molecular weight is 329 g/mol. The molecule has 1 aromatic carbocycles. The van der Waals surface area contributed by atoms with Gasteiger partial charge in [-0.1, -0.05) is 28.1 Å². The number of rotatable bonds is 5. The lowest BCUT2D eigenvalue weighted by Gasteiger charge is -2.26. The van der Waals surface area contributed by atoms with E-state index in [-0.39, 0.29) is 12.6 Å². The molecular formula is C13H17BrN2O3. The van der Waals surface area contributed by atoms with Crippen molar-refractivity contribution in [2.45, 2.75) is 13.5 Å². The zero-order chi connectivity index (χ0) is 14.4. The Hall–Kier alpha value is -1.56. The van der Waals surface area contributed by atoms with E-state index < -0.39 is 5.97 Å². The molecule has 0 bridgehead atoms. The van der Waals surface area contributed by atoms with Crippen LogP contribution in [0.15, 0.2) is 28.7 Å². The van der Waals surface area contributed by atoms with Gasteiger partial charge < -0.3 is 14.9 Å². The first-order valence-corrected chi connectivity index (χ1v) is 6.69. The van der Waals surface area contributed by atoms with E-state index in [0.29, 0.717) is 13.1 Å². The molecule has 1 N–H and O–H groups in total.